The standard InChI is InChI=1S/C19H23F3N4O/c1-11-7-13(19(20,21)22)9-16(27)17(11)15-8-12(2)18(25-24-15)23-14-5-4-6-26(3)10-14/h7-9,14,27H,4-6,10H2,1-3H3,(H,23,25)/p+1/t14-/m1/s1. The third-order valence-electron chi connectivity index (χ3n) is 4.97. The van der Waals surface area contributed by atoms with Gasteiger partial charge >= 0.3 is 6.18 Å². The van der Waals surface area contributed by atoms with Crippen molar-refractivity contribution in [1.82, 2.24) is 10.2 Å². The summed E-state index contributed by atoms with van der Waals surface area (Å²) >= 11 is 0. The number of aromatic nitrogens is 2. The van der Waals surface area contributed by atoms with Crippen LogP contribution in [0.3, 0.4) is 0 Å². The number of alkyl halides is 3. The first-order chi connectivity index (χ1) is 12.6. The molecule has 1 aromatic carbocycles. The normalized spacial score (nSPS) is 20.5. The molecule has 0 bridgehead atoms. The molecule has 27 heavy (non-hydrogen) atoms. The van der Waals surface area contributed by atoms with Gasteiger partial charge in [0.1, 0.15) is 5.75 Å². The highest BCUT2D eigenvalue weighted by molar-refractivity contribution is 5.72. The van der Waals surface area contributed by atoms with Crippen LogP contribution in [0.4, 0.5) is 19.0 Å². The number of quaternary nitrogens is 1. The molecule has 0 amide bonds. The molecule has 0 spiro atoms. The van der Waals surface area contributed by atoms with Crippen LogP contribution in [0.25, 0.3) is 11.3 Å². The average Bonchev–Trinajstić information content (AvgIpc) is 2.56. The van der Waals surface area contributed by atoms with Crippen molar-refractivity contribution in [3.63, 3.8) is 0 Å². The lowest BCUT2D eigenvalue weighted by Crippen LogP contribution is -3.11. The number of hydrogen-bond acceptors (Lipinski definition) is 4. The minimum Gasteiger partial charge on any atom is -0.507 e. The number of nitrogens with zero attached hydrogens (tertiary/aromatic N) is 2. The summed E-state index contributed by atoms with van der Waals surface area (Å²) in [6.07, 6.45) is -2.29. The molecule has 1 saturated heterocycles. The Morgan fingerprint density at radius 2 is 1.89 bits per heavy atom. The number of nitrogens with one attached hydrogen (secondary N) is 2. The van der Waals surface area contributed by atoms with Crippen LogP contribution in [-0.4, -0.2) is 41.5 Å². The number of aryl methyl sites for hydroxylation is 2. The molecular formula is C19H24F3N4O+. The second-order valence-electron chi connectivity index (χ2n) is 7.34. The fourth-order valence-electron chi connectivity index (χ4n) is 3.61. The lowest BCUT2D eigenvalue weighted by molar-refractivity contribution is -0.885. The van der Waals surface area contributed by atoms with Crippen LogP contribution < -0.4 is 10.2 Å². The molecular weight excluding hydrogens is 357 g/mol. The maximum Gasteiger partial charge on any atom is 0.416 e. The second kappa shape index (κ2) is 7.34. The monoisotopic (exact) mass is 381 g/mol. The Kier molecular flexibility index (Phi) is 5.28. The van der Waals surface area contributed by atoms with E-state index in [0.717, 1.165) is 43.6 Å². The first-order valence-corrected chi connectivity index (χ1v) is 8.98. The first-order valence-electron chi connectivity index (χ1n) is 8.98. The molecule has 2 atom stereocenters. The molecule has 1 fully saturated rings. The van der Waals surface area contributed by atoms with Crippen molar-refractivity contribution in [2.24, 2.45) is 0 Å². The van der Waals surface area contributed by atoms with Gasteiger partial charge in [-0.2, -0.15) is 13.2 Å². The van der Waals surface area contributed by atoms with Gasteiger partial charge in [-0.1, -0.05) is 0 Å². The van der Waals surface area contributed by atoms with Crippen molar-refractivity contribution in [3.05, 3.63) is 34.9 Å². The Bertz CT molecular complexity index is 815. The second-order valence-corrected chi connectivity index (χ2v) is 7.34. The van der Waals surface area contributed by atoms with Crippen LogP contribution in [-0.2, 0) is 6.18 Å². The number of aromatic hydroxyl groups is 1. The largest absolute Gasteiger partial charge is 0.507 e. The van der Waals surface area contributed by atoms with Gasteiger partial charge in [-0.25, -0.2) is 0 Å². The van der Waals surface area contributed by atoms with Crippen LogP contribution in [0, 0.1) is 13.8 Å². The van der Waals surface area contributed by atoms with E-state index in [2.05, 4.69) is 22.6 Å². The number of phenolic OH excluding ortho intramolecular Hbond substituents is 1. The maximum atomic E-state index is 12.9. The molecule has 3 rings (SSSR count). The maximum absolute atomic E-state index is 12.9. The van der Waals surface area contributed by atoms with E-state index in [1.807, 2.05) is 6.92 Å². The molecule has 1 unspecified atom stereocenters. The highest BCUT2D eigenvalue weighted by Gasteiger charge is 2.32. The van der Waals surface area contributed by atoms with E-state index < -0.39 is 17.5 Å². The molecule has 0 radical (unpaired) electrons. The van der Waals surface area contributed by atoms with E-state index in [9.17, 15) is 18.3 Å². The average molecular weight is 381 g/mol. The van der Waals surface area contributed by atoms with Gasteiger partial charge in [0.2, 0.25) is 0 Å². The number of phenols is 1. The van der Waals surface area contributed by atoms with E-state index in [4.69, 9.17) is 0 Å². The lowest BCUT2D eigenvalue weighted by Gasteiger charge is -2.28. The zero-order valence-corrected chi connectivity index (χ0v) is 15.6. The number of hydrogen-bond donors (Lipinski definition) is 3. The van der Waals surface area contributed by atoms with Gasteiger partial charge in [-0.15, -0.1) is 10.2 Å². The molecule has 1 aliphatic heterocycles. The molecule has 0 saturated carbocycles. The molecule has 146 valence electrons. The Labute approximate surface area is 156 Å². The number of rotatable bonds is 3. The number of anilines is 1. The van der Waals surface area contributed by atoms with Gasteiger partial charge in [0.25, 0.3) is 0 Å². The molecule has 8 heteroatoms. The summed E-state index contributed by atoms with van der Waals surface area (Å²) in [4.78, 5) is 1.46. The molecule has 1 aromatic heterocycles. The predicted molar refractivity (Wildman–Crippen MR) is 96.9 cm³/mol. The molecule has 5 nitrogen and oxygen atoms in total. The van der Waals surface area contributed by atoms with Gasteiger partial charge in [-0.05, 0) is 56.0 Å². The summed E-state index contributed by atoms with van der Waals surface area (Å²) in [6, 6.07) is 3.80. The molecule has 0 aliphatic carbocycles. The van der Waals surface area contributed by atoms with Crippen molar-refractivity contribution < 1.29 is 23.2 Å². The smallest absolute Gasteiger partial charge is 0.416 e. The van der Waals surface area contributed by atoms with Crippen LogP contribution in [0.15, 0.2) is 18.2 Å². The summed E-state index contributed by atoms with van der Waals surface area (Å²) in [5, 5.41) is 21.9. The summed E-state index contributed by atoms with van der Waals surface area (Å²) in [5.74, 6) is 0.219. The quantitative estimate of drug-likeness (QED) is 0.765. The molecule has 3 N–H and O–H groups in total. The van der Waals surface area contributed by atoms with Crippen LogP contribution in [0.2, 0.25) is 0 Å². The van der Waals surface area contributed by atoms with Gasteiger partial charge in [0.15, 0.2) is 5.82 Å². The lowest BCUT2D eigenvalue weighted by atomic mass is 10.00. The summed E-state index contributed by atoms with van der Waals surface area (Å²) < 4.78 is 38.7. The fourth-order valence-corrected chi connectivity index (χ4v) is 3.61. The number of benzene rings is 1. The van der Waals surface area contributed by atoms with Gasteiger partial charge in [0.05, 0.1) is 37.4 Å². The van der Waals surface area contributed by atoms with Crippen molar-refractivity contribution in [1.29, 1.82) is 0 Å². The third kappa shape index (κ3) is 4.32. The van der Waals surface area contributed by atoms with Crippen molar-refractivity contribution in [2.45, 2.75) is 38.9 Å². The van der Waals surface area contributed by atoms with Crippen molar-refractivity contribution >= 4 is 5.82 Å². The minimum atomic E-state index is -4.51. The number of likely N-dealkylation sites (tertiary alicyclic amines) is 1. The number of halogens is 3. The van der Waals surface area contributed by atoms with E-state index in [1.54, 1.807) is 6.07 Å². The van der Waals surface area contributed by atoms with Gasteiger partial charge in [-0.3, -0.25) is 0 Å². The van der Waals surface area contributed by atoms with Crippen LogP contribution >= 0.6 is 0 Å². The Morgan fingerprint density at radius 3 is 2.48 bits per heavy atom. The van der Waals surface area contributed by atoms with Gasteiger partial charge in [0, 0.05) is 5.56 Å². The zero-order chi connectivity index (χ0) is 19.8. The number of piperidine rings is 1. The van der Waals surface area contributed by atoms with Crippen LogP contribution in [0.1, 0.15) is 29.5 Å². The summed E-state index contributed by atoms with van der Waals surface area (Å²) in [7, 11) is 2.16. The predicted octanol–water partition coefficient (Wildman–Crippen LogP) is 2.57. The van der Waals surface area contributed by atoms with Crippen LogP contribution in [0.5, 0.6) is 5.75 Å². The van der Waals surface area contributed by atoms with E-state index in [1.165, 1.54) is 11.8 Å². The fraction of sp³-hybridized carbons (Fsp3) is 0.474. The van der Waals surface area contributed by atoms with Crippen molar-refractivity contribution in [2.75, 3.05) is 25.5 Å². The molecule has 2 heterocycles. The molecule has 2 aromatic rings. The SMILES string of the molecule is Cc1cc(-c2c(C)cc(C(F)(F)F)cc2O)nnc1N[C@@H]1CCC[NH+](C)C1. The Morgan fingerprint density at radius 1 is 1.15 bits per heavy atom. The van der Waals surface area contributed by atoms with Crippen molar-refractivity contribution in [3.8, 4) is 17.0 Å². The summed E-state index contributed by atoms with van der Waals surface area (Å²) in [5.41, 5.74) is 0.879. The minimum absolute atomic E-state index is 0.270. The van der Waals surface area contributed by atoms with E-state index >= 15 is 0 Å². The Balaban J connectivity index is 1.87. The number of likely N-dealkylation sites (N-methyl/N-ethyl adjacent to an activating group) is 1. The zero-order valence-electron chi connectivity index (χ0n) is 15.6. The highest BCUT2D eigenvalue weighted by atomic mass is 19.4. The van der Waals surface area contributed by atoms with E-state index in [0.29, 0.717) is 23.1 Å². The molecule has 1 aliphatic rings. The summed E-state index contributed by atoms with van der Waals surface area (Å²) in [6.45, 7) is 5.56. The van der Waals surface area contributed by atoms with Gasteiger partial charge < -0.3 is 15.3 Å². The highest BCUT2D eigenvalue weighted by Crippen LogP contribution is 2.38. The third-order valence-corrected chi connectivity index (χ3v) is 4.97. The first kappa shape index (κ1) is 19.4. The topological polar surface area (TPSA) is 62.5 Å². The Hall–Kier alpha value is -2.35. The van der Waals surface area contributed by atoms with E-state index in [-0.39, 0.29) is 5.56 Å².